The number of ether oxygens (including phenoxy) is 4. The summed E-state index contributed by atoms with van der Waals surface area (Å²) in [6.45, 7) is 19.1. The zero-order chi connectivity index (χ0) is 31.1. The Morgan fingerprint density at radius 3 is 1.24 bits per heavy atom. The lowest BCUT2D eigenvalue weighted by molar-refractivity contribution is 0.390. The van der Waals surface area contributed by atoms with Crippen LogP contribution in [-0.4, -0.2) is 33.5 Å². The zero-order valence-corrected chi connectivity index (χ0v) is 28.5. The Morgan fingerprint density at radius 1 is 0.537 bits per heavy atom. The number of hydrogen-bond donors (Lipinski definition) is 1. The van der Waals surface area contributed by atoms with E-state index in [1.807, 2.05) is 36.4 Å². The van der Waals surface area contributed by atoms with Gasteiger partial charge in [-0.25, -0.2) is 0 Å². The summed E-state index contributed by atoms with van der Waals surface area (Å²) in [7, 11) is 5.20. The van der Waals surface area contributed by atoms with Crippen molar-refractivity contribution in [2.24, 2.45) is 0 Å². The fourth-order valence-corrected chi connectivity index (χ4v) is 8.02. The Kier molecular flexibility index (Phi) is 9.57. The minimum Gasteiger partial charge on any atom is -0.507 e. The highest BCUT2D eigenvalue weighted by Gasteiger charge is 2.35. The maximum atomic E-state index is 12.0. The van der Waals surface area contributed by atoms with Gasteiger partial charge >= 0.3 is 0 Å². The van der Waals surface area contributed by atoms with E-state index in [-0.39, 0.29) is 22.0 Å². The number of rotatable bonds is 7. The smallest absolute Gasteiger partial charge is 0.131 e. The molecule has 0 saturated heterocycles. The van der Waals surface area contributed by atoms with Gasteiger partial charge in [-0.2, -0.15) is 0 Å². The van der Waals surface area contributed by atoms with E-state index in [4.69, 9.17) is 30.5 Å². The summed E-state index contributed by atoms with van der Waals surface area (Å²) < 4.78 is 24.1. The molecule has 0 unspecified atom stereocenters. The second-order valence-electron chi connectivity index (χ2n) is 13.4. The van der Waals surface area contributed by atoms with Crippen molar-refractivity contribution >= 4 is 35.4 Å². The predicted molar refractivity (Wildman–Crippen MR) is 174 cm³/mol. The van der Waals surface area contributed by atoms with E-state index < -0.39 is 7.92 Å². The molecule has 0 radical (unpaired) electrons. The van der Waals surface area contributed by atoms with Gasteiger partial charge in [0.1, 0.15) is 28.7 Å². The van der Waals surface area contributed by atoms with Crippen molar-refractivity contribution in [3.8, 4) is 28.7 Å². The third kappa shape index (κ3) is 6.73. The van der Waals surface area contributed by atoms with Crippen LogP contribution in [0.1, 0.15) is 79.0 Å². The Hall–Kier alpha value is -2.62. The van der Waals surface area contributed by atoms with Crippen molar-refractivity contribution in [3.05, 3.63) is 58.1 Å². The third-order valence-electron chi connectivity index (χ3n) is 7.17. The van der Waals surface area contributed by atoms with Gasteiger partial charge in [-0.05, 0) is 60.6 Å². The molecule has 0 saturated carbocycles. The van der Waals surface area contributed by atoms with Gasteiger partial charge in [0.15, 0.2) is 0 Å². The molecule has 0 atom stereocenters. The molecule has 0 aromatic heterocycles. The predicted octanol–water partition coefficient (Wildman–Crippen LogP) is 7.73. The van der Waals surface area contributed by atoms with Crippen molar-refractivity contribution in [3.63, 3.8) is 0 Å². The van der Waals surface area contributed by atoms with Crippen molar-refractivity contribution in [2.45, 2.75) is 78.6 Å². The highest BCUT2D eigenvalue weighted by Crippen LogP contribution is 2.50. The number of benzene rings is 3. The molecule has 0 aliphatic carbocycles. The lowest BCUT2D eigenvalue weighted by Gasteiger charge is -2.32. The molecule has 0 bridgehead atoms. The maximum Gasteiger partial charge on any atom is 0.131 e. The molecule has 3 rings (SSSR count). The monoisotopic (exact) mass is 600 g/mol. The second-order valence-corrected chi connectivity index (χ2v) is 15.9. The summed E-state index contributed by atoms with van der Waals surface area (Å²) in [4.78, 5) is 0. The van der Waals surface area contributed by atoms with Crippen LogP contribution in [-0.2, 0) is 16.2 Å². The summed E-state index contributed by atoms with van der Waals surface area (Å²) in [5, 5.41) is 15.0. The first-order chi connectivity index (χ1) is 18.9. The van der Waals surface area contributed by atoms with Crippen LogP contribution < -0.4 is 34.9 Å². The van der Waals surface area contributed by atoms with E-state index >= 15 is 0 Å². The summed E-state index contributed by atoms with van der Waals surface area (Å²) in [5.41, 5.74) is 1.90. The van der Waals surface area contributed by atoms with Gasteiger partial charge in [-0.15, -0.1) is 0 Å². The maximum absolute atomic E-state index is 12.0. The number of methoxy groups -OCH3 is 4. The Bertz CT molecular complexity index is 1340. The van der Waals surface area contributed by atoms with Crippen LogP contribution in [0.3, 0.4) is 0 Å². The average Bonchev–Trinajstić information content (AvgIpc) is 2.87. The number of phenols is 1. The standard InChI is InChI=1S/C34H46ClO5P/c1-32(2,3)23-14-20(35)15-26(29(23)36)41(27-18-21(37-10)16-24(30(27)39-12)33(4,5)6)28-19-22(38-11)17-25(31(28)40-13)34(7,8)9/h14-19,36H,1-13H3. The number of halogens is 1. The highest BCUT2D eigenvalue weighted by atomic mass is 35.5. The van der Waals surface area contributed by atoms with Crippen molar-refractivity contribution < 1.29 is 24.1 Å². The SMILES string of the molecule is COc1cc(P(c2cc(Cl)cc(C(C)(C)C)c2O)c2cc(OC)cc(C(C)(C)C)c2OC)c(OC)c(C(C)(C)C)c1. The van der Waals surface area contributed by atoms with E-state index in [9.17, 15) is 5.11 Å². The van der Waals surface area contributed by atoms with Crippen LogP contribution in [0.25, 0.3) is 0 Å². The Morgan fingerprint density at radius 2 is 0.927 bits per heavy atom. The zero-order valence-electron chi connectivity index (χ0n) is 26.9. The summed E-state index contributed by atoms with van der Waals surface area (Å²) >= 11 is 6.81. The van der Waals surface area contributed by atoms with Crippen molar-refractivity contribution in [2.75, 3.05) is 28.4 Å². The van der Waals surface area contributed by atoms with E-state index in [0.717, 1.165) is 38.8 Å². The number of hydrogen-bond acceptors (Lipinski definition) is 5. The fraction of sp³-hybridized carbons (Fsp3) is 0.471. The molecule has 0 spiro atoms. The lowest BCUT2D eigenvalue weighted by atomic mass is 9.86. The molecule has 41 heavy (non-hydrogen) atoms. The summed E-state index contributed by atoms with van der Waals surface area (Å²) in [5.74, 6) is 3.09. The first-order valence-electron chi connectivity index (χ1n) is 13.7. The molecule has 0 heterocycles. The Balaban J connectivity index is 2.67. The minimum atomic E-state index is -1.51. The van der Waals surface area contributed by atoms with Crippen LogP contribution in [0.4, 0.5) is 0 Å². The van der Waals surface area contributed by atoms with Gasteiger partial charge in [-0.1, -0.05) is 73.9 Å². The molecule has 0 fully saturated rings. The molecule has 0 aliphatic rings. The molecular weight excluding hydrogens is 555 g/mol. The van der Waals surface area contributed by atoms with Crippen LogP contribution in [0, 0.1) is 0 Å². The van der Waals surface area contributed by atoms with Crippen LogP contribution in [0.15, 0.2) is 36.4 Å². The van der Waals surface area contributed by atoms with Crippen LogP contribution in [0.2, 0.25) is 5.02 Å². The van der Waals surface area contributed by atoms with E-state index in [2.05, 4.69) is 62.3 Å². The Labute approximate surface area is 252 Å². The summed E-state index contributed by atoms with van der Waals surface area (Å²) in [6, 6.07) is 11.8. The van der Waals surface area contributed by atoms with E-state index in [1.54, 1.807) is 28.4 Å². The quantitative estimate of drug-likeness (QED) is 0.281. The van der Waals surface area contributed by atoms with Gasteiger partial charge in [0, 0.05) is 37.6 Å². The molecule has 3 aromatic rings. The molecular formula is C34H46ClO5P. The normalized spacial score (nSPS) is 12.5. The first-order valence-corrected chi connectivity index (χ1v) is 15.5. The molecule has 7 heteroatoms. The van der Waals surface area contributed by atoms with Crippen molar-refractivity contribution in [1.29, 1.82) is 0 Å². The number of aromatic hydroxyl groups is 1. The van der Waals surface area contributed by atoms with Gasteiger partial charge in [0.05, 0.1) is 28.4 Å². The van der Waals surface area contributed by atoms with Crippen LogP contribution in [0.5, 0.6) is 28.7 Å². The van der Waals surface area contributed by atoms with Gasteiger partial charge in [-0.3, -0.25) is 0 Å². The van der Waals surface area contributed by atoms with Gasteiger partial charge < -0.3 is 24.1 Å². The van der Waals surface area contributed by atoms with Crippen LogP contribution >= 0.6 is 19.5 Å². The second kappa shape index (κ2) is 11.9. The summed E-state index contributed by atoms with van der Waals surface area (Å²) in [6.07, 6.45) is 0. The minimum absolute atomic E-state index is 0.206. The van der Waals surface area contributed by atoms with Crippen molar-refractivity contribution in [1.82, 2.24) is 0 Å². The molecule has 224 valence electrons. The molecule has 0 amide bonds. The average molecular weight is 601 g/mol. The fourth-order valence-electron chi connectivity index (χ4n) is 5.00. The van der Waals surface area contributed by atoms with Gasteiger partial charge in [0.2, 0.25) is 0 Å². The largest absolute Gasteiger partial charge is 0.507 e. The molecule has 5 nitrogen and oxygen atoms in total. The molecule has 0 aliphatic heterocycles. The van der Waals surface area contributed by atoms with E-state index in [1.165, 1.54) is 0 Å². The third-order valence-corrected chi connectivity index (χ3v) is 9.84. The highest BCUT2D eigenvalue weighted by molar-refractivity contribution is 7.80. The topological polar surface area (TPSA) is 57.2 Å². The van der Waals surface area contributed by atoms with E-state index in [0.29, 0.717) is 21.8 Å². The van der Waals surface area contributed by atoms with Gasteiger partial charge in [0.25, 0.3) is 0 Å². The molecule has 3 aromatic carbocycles. The molecule has 1 N–H and O–H groups in total. The lowest BCUT2D eigenvalue weighted by Crippen LogP contribution is -2.29. The number of phenolic OH excluding ortho intramolecular Hbond substituents is 1. The first kappa shape index (κ1) is 32.9.